The van der Waals surface area contributed by atoms with Crippen molar-refractivity contribution in [3.05, 3.63) is 62.9 Å². The van der Waals surface area contributed by atoms with E-state index >= 15 is 0 Å². The van der Waals surface area contributed by atoms with Crippen molar-refractivity contribution in [1.29, 1.82) is 0 Å². The average Bonchev–Trinajstić information content (AvgIpc) is 2.67. The molecular formula is C21H19ClN2O4. The number of anilines is 1. The van der Waals surface area contributed by atoms with E-state index < -0.39 is 0 Å². The van der Waals surface area contributed by atoms with Crippen LogP contribution in [0.4, 0.5) is 5.69 Å². The Bertz CT molecular complexity index is 1120. The number of rotatable bonds is 4. The summed E-state index contributed by atoms with van der Waals surface area (Å²) in [5.74, 6) is 1.12. The number of amides is 1. The highest BCUT2D eigenvalue weighted by atomic mass is 35.5. The number of ether oxygens (including phenoxy) is 2. The maximum atomic E-state index is 12.4. The molecule has 2 heterocycles. The zero-order chi connectivity index (χ0) is 19.7. The molecule has 1 amide bonds. The minimum Gasteiger partial charge on any atom is -0.486 e. The number of carbonyl (C=O) groups is 1. The fraction of sp³-hybridized carbons (Fsp3) is 0.238. The minimum atomic E-state index is -0.209. The Labute approximate surface area is 166 Å². The quantitative estimate of drug-likeness (QED) is 0.699. The molecule has 2 N–H and O–H groups in total. The molecule has 144 valence electrons. The number of pyridine rings is 1. The lowest BCUT2D eigenvalue weighted by Gasteiger charge is -2.18. The second-order valence-corrected chi connectivity index (χ2v) is 7.15. The molecule has 3 aromatic rings. The molecule has 0 saturated carbocycles. The lowest BCUT2D eigenvalue weighted by Crippen LogP contribution is -2.18. The van der Waals surface area contributed by atoms with Crippen LogP contribution in [0.2, 0.25) is 5.02 Å². The molecule has 1 aliphatic heterocycles. The molecule has 28 heavy (non-hydrogen) atoms. The van der Waals surface area contributed by atoms with E-state index in [1.54, 1.807) is 30.3 Å². The molecule has 0 spiro atoms. The molecule has 1 aliphatic rings. The molecule has 0 radical (unpaired) electrons. The van der Waals surface area contributed by atoms with Crippen LogP contribution < -0.4 is 20.3 Å². The number of aryl methyl sites for hydroxylation is 2. The van der Waals surface area contributed by atoms with Crippen LogP contribution in [0.1, 0.15) is 17.5 Å². The molecule has 7 heteroatoms. The van der Waals surface area contributed by atoms with E-state index in [-0.39, 0.29) is 17.9 Å². The highest BCUT2D eigenvalue weighted by Crippen LogP contribution is 2.33. The van der Waals surface area contributed by atoms with Crippen LogP contribution in [0.3, 0.4) is 0 Å². The maximum absolute atomic E-state index is 12.4. The number of aromatic nitrogens is 1. The van der Waals surface area contributed by atoms with E-state index in [1.807, 2.05) is 13.0 Å². The van der Waals surface area contributed by atoms with Gasteiger partial charge in [0.05, 0.1) is 5.52 Å². The van der Waals surface area contributed by atoms with Crippen LogP contribution in [-0.2, 0) is 11.2 Å². The first kappa shape index (κ1) is 18.4. The van der Waals surface area contributed by atoms with Crippen molar-refractivity contribution in [2.45, 2.75) is 19.8 Å². The molecule has 0 atom stereocenters. The lowest BCUT2D eigenvalue weighted by molar-refractivity contribution is -0.116. The zero-order valence-electron chi connectivity index (χ0n) is 15.3. The van der Waals surface area contributed by atoms with Crippen LogP contribution in [0.15, 0.2) is 41.2 Å². The van der Waals surface area contributed by atoms with E-state index in [0.29, 0.717) is 52.9 Å². The fourth-order valence-corrected chi connectivity index (χ4v) is 3.43. The Hall–Kier alpha value is -2.99. The van der Waals surface area contributed by atoms with Gasteiger partial charge in [0.1, 0.15) is 13.2 Å². The van der Waals surface area contributed by atoms with Crippen LogP contribution in [0.5, 0.6) is 11.5 Å². The Morgan fingerprint density at radius 3 is 2.64 bits per heavy atom. The lowest BCUT2D eigenvalue weighted by atomic mass is 10.1. The third-order valence-corrected chi connectivity index (χ3v) is 4.90. The van der Waals surface area contributed by atoms with Gasteiger partial charge >= 0.3 is 0 Å². The van der Waals surface area contributed by atoms with Gasteiger partial charge in [-0.1, -0.05) is 11.6 Å². The number of halogens is 1. The Balaban J connectivity index is 1.50. The summed E-state index contributed by atoms with van der Waals surface area (Å²) in [5, 5.41) is 4.32. The average molecular weight is 399 g/mol. The van der Waals surface area contributed by atoms with Gasteiger partial charge in [0, 0.05) is 34.1 Å². The molecule has 0 aliphatic carbocycles. The summed E-state index contributed by atoms with van der Waals surface area (Å²) in [6, 6.07) is 10.7. The summed E-state index contributed by atoms with van der Waals surface area (Å²) in [6.45, 7) is 2.87. The third kappa shape index (κ3) is 3.82. The largest absolute Gasteiger partial charge is 0.486 e. The van der Waals surface area contributed by atoms with Gasteiger partial charge in [0.15, 0.2) is 11.5 Å². The van der Waals surface area contributed by atoms with E-state index in [4.69, 9.17) is 21.1 Å². The van der Waals surface area contributed by atoms with Crippen molar-refractivity contribution in [2.24, 2.45) is 0 Å². The standard InChI is InChI=1S/C21H19ClN2O4/c1-12-8-15(22)3-4-16(12)23-20(25)5-2-13-9-14-10-18-19(28-7-6-27-18)11-17(14)24-21(13)26/h3-4,8-11H,2,5-7H2,1H3,(H,23,25)(H,24,26). The second-order valence-electron chi connectivity index (χ2n) is 6.71. The first-order chi connectivity index (χ1) is 13.5. The summed E-state index contributed by atoms with van der Waals surface area (Å²) < 4.78 is 11.1. The second kappa shape index (κ2) is 7.56. The Morgan fingerprint density at radius 1 is 1.14 bits per heavy atom. The van der Waals surface area contributed by atoms with Crippen molar-refractivity contribution in [3.63, 3.8) is 0 Å². The summed E-state index contributed by atoms with van der Waals surface area (Å²) in [7, 11) is 0. The molecule has 0 fully saturated rings. The molecule has 0 saturated heterocycles. The van der Waals surface area contributed by atoms with Gasteiger partial charge in [-0.3, -0.25) is 9.59 Å². The molecule has 0 unspecified atom stereocenters. The highest BCUT2D eigenvalue weighted by molar-refractivity contribution is 6.30. The van der Waals surface area contributed by atoms with Gasteiger partial charge in [-0.15, -0.1) is 0 Å². The summed E-state index contributed by atoms with van der Waals surface area (Å²) >= 11 is 5.94. The van der Waals surface area contributed by atoms with Crippen molar-refractivity contribution < 1.29 is 14.3 Å². The number of fused-ring (bicyclic) bond motifs is 2. The summed E-state index contributed by atoms with van der Waals surface area (Å²) in [6.07, 6.45) is 0.527. The van der Waals surface area contributed by atoms with Crippen molar-refractivity contribution in [2.75, 3.05) is 18.5 Å². The SMILES string of the molecule is Cc1cc(Cl)ccc1NC(=O)CCc1cc2cc3c(cc2[nH]c1=O)OCCO3. The molecule has 0 bridgehead atoms. The van der Waals surface area contributed by atoms with Gasteiger partial charge in [0.25, 0.3) is 5.56 Å². The van der Waals surface area contributed by atoms with Crippen molar-refractivity contribution in [3.8, 4) is 11.5 Å². The van der Waals surface area contributed by atoms with E-state index in [9.17, 15) is 9.59 Å². The molecular weight excluding hydrogens is 380 g/mol. The molecule has 1 aromatic heterocycles. The molecule has 4 rings (SSSR count). The number of hydrogen-bond acceptors (Lipinski definition) is 4. The normalized spacial score (nSPS) is 12.8. The Morgan fingerprint density at radius 2 is 1.89 bits per heavy atom. The predicted octanol–water partition coefficient (Wildman–Crippen LogP) is 3.83. The molecule has 2 aromatic carbocycles. The van der Waals surface area contributed by atoms with Gasteiger partial charge in [-0.2, -0.15) is 0 Å². The number of carbonyl (C=O) groups excluding carboxylic acids is 1. The van der Waals surface area contributed by atoms with Crippen molar-refractivity contribution >= 4 is 34.1 Å². The summed E-state index contributed by atoms with van der Waals surface area (Å²) in [5.41, 5.74) is 2.62. The Kier molecular flexibility index (Phi) is 4.96. The maximum Gasteiger partial charge on any atom is 0.251 e. The number of aromatic amines is 1. The number of hydrogen-bond donors (Lipinski definition) is 2. The van der Waals surface area contributed by atoms with E-state index in [0.717, 1.165) is 10.9 Å². The van der Waals surface area contributed by atoms with E-state index in [2.05, 4.69) is 10.3 Å². The minimum absolute atomic E-state index is 0.160. The van der Waals surface area contributed by atoms with Gasteiger partial charge in [-0.05, 0) is 49.2 Å². The van der Waals surface area contributed by atoms with Crippen LogP contribution >= 0.6 is 11.6 Å². The van der Waals surface area contributed by atoms with Gasteiger partial charge < -0.3 is 19.8 Å². The topological polar surface area (TPSA) is 80.4 Å². The first-order valence-electron chi connectivity index (χ1n) is 9.01. The third-order valence-electron chi connectivity index (χ3n) is 4.67. The summed E-state index contributed by atoms with van der Waals surface area (Å²) in [4.78, 5) is 27.5. The molecule has 6 nitrogen and oxygen atoms in total. The smallest absolute Gasteiger partial charge is 0.251 e. The van der Waals surface area contributed by atoms with Gasteiger partial charge in [-0.25, -0.2) is 0 Å². The van der Waals surface area contributed by atoms with Crippen LogP contribution in [0, 0.1) is 6.92 Å². The van der Waals surface area contributed by atoms with Crippen LogP contribution in [-0.4, -0.2) is 24.1 Å². The van der Waals surface area contributed by atoms with Crippen LogP contribution in [0.25, 0.3) is 10.9 Å². The van der Waals surface area contributed by atoms with Crippen molar-refractivity contribution in [1.82, 2.24) is 4.98 Å². The fourth-order valence-electron chi connectivity index (χ4n) is 3.20. The van der Waals surface area contributed by atoms with E-state index in [1.165, 1.54) is 0 Å². The number of nitrogens with one attached hydrogen (secondary N) is 2. The number of benzene rings is 2. The number of H-pyrrole nitrogens is 1. The zero-order valence-corrected chi connectivity index (χ0v) is 16.1. The monoisotopic (exact) mass is 398 g/mol. The highest BCUT2D eigenvalue weighted by Gasteiger charge is 2.14. The van der Waals surface area contributed by atoms with Gasteiger partial charge in [0.2, 0.25) is 5.91 Å². The predicted molar refractivity (Wildman–Crippen MR) is 109 cm³/mol. The first-order valence-corrected chi connectivity index (χ1v) is 9.39.